The maximum atomic E-state index is 11.8. The van der Waals surface area contributed by atoms with E-state index in [1.807, 2.05) is 0 Å². The maximum Gasteiger partial charge on any atom is 0.573 e. The largest absolute Gasteiger partial charge is 0.573 e. The van der Waals surface area contributed by atoms with Crippen molar-refractivity contribution in [2.75, 3.05) is 13.2 Å². The smallest absolute Gasteiger partial charge is 0.457 e. The first-order chi connectivity index (χ1) is 6.90. The molecule has 88 valence electrons. The van der Waals surface area contributed by atoms with E-state index in [0.717, 1.165) is 6.08 Å². The summed E-state index contributed by atoms with van der Waals surface area (Å²) in [6.07, 6.45) is -3.79. The van der Waals surface area contributed by atoms with Crippen LogP contribution < -0.4 is 0 Å². The molecule has 0 rings (SSSR count). The van der Waals surface area contributed by atoms with E-state index in [0.29, 0.717) is 0 Å². The quantitative estimate of drug-likeness (QED) is 0.438. The summed E-state index contributed by atoms with van der Waals surface area (Å²) in [6, 6.07) is 0. The lowest BCUT2D eigenvalue weighted by molar-refractivity contribution is -0.305. The lowest BCUT2D eigenvalue weighted by Gasteiger charge is -2.11. The second-order valence-electron chi connectivity index (χ2n) is 2.38. The van der Waals surface area contributed by atoms with Crippen molar-refractivity contribution >= 4 is 5.97 Å². The SMILES string of the molecule is CCC=C(OC(F)(F)F)C(=O)OCCO. The van der Waals surface area contributed by atoms with Crippen molar-refractivity contribution in [3.63, 3.8) is 0 Å². The molecule has 0 aromatic carbocycles. The van der Waals surface area contributed by atoms with Gasteiger partial charge in [-0.15, -0.1) is 13.2 Å². The Hall–Kier alpha value is -1.24. The molecule has 0 saturated heterocycles. The van der Waals surface area contributed by atoms with Crippen LogP contribution in [0.2, 0.25) is 0 Å². The Morgan fingerprint density at radius 3 is 2.47 bits per heavy atom. The number of rotatable bonds is 5. The molecule has 4 nitrogen and oxygen atoms in total. The molecule has 0 fully saturated rings. The van der Waals surface area contributed by atoms with Crippen molar-refractivity contribution < 1.29 is 32.5 Å². The number of esters is 1. The molecule has 7 heteroatoms. The molecule has 0 aliphatic heterocycles. The first kappa shape index (κ1) is 13.8. The summed E-state index contributed by atoms with van der Waals surface area (Å²) in [5.74, 6) is -2.17. The number of allylic oxidation sites excluding steroid dienone is 1. The molecule has 0 spiro atoms. The minimum absolute atomic E-state index is 0.194. The van der Waals surface area contributed by atoms with Gasteiger partial charge < -0.3 is 14.6 Å². The number of aliphatic hydroxyl groups is 1. The van der Waals surface area contributed by atoms with Gasteiger partial charge in [0.05, 0.1) is 6.61 Å². The van der Waals surface area contributed by atoms with E-state index in [2.05, 4.69) is 9.47 Å². The molecule has 0 radical (unpaired) electrons. The van der Waals surface area contributed by atoms with Gasteiger partial charge in [0.15, 0.2) is 0 Å². The number of aliphatic hydroxyl groups excluding tert-OH is 1. The number of ether oxygens (including phenoxy) is 2. The van der Waals surface area contributed by atoms with Gasteiger partial charge in [0.1, 0.15) is 6.61 Å². The van der Waals surface area contributed by atoms with Crippen LogP contribution in [0.5, 0.6) is 0 Å². The monoisotopic (exact) mass is 228 g/mol. The molecule has 1 N–H and O–H groups in total. The van der Waals surface area contributed by atoms with Crippen LogP contribution in [0.15, 0.2) is 11.8 Å². The highest BCUT2D eigenvalue weighted by molar-refractivity contribution is 5.86. The van der Waals surface area contributed by atoms with Gasteiger partial charge in [0.2, 0.25) is 5.76 Å². The summed E-state index contributed by atoms with van der Waals surface area (Å²) in [6.45, 7) is 0.706. The third kappa shape index (κ3) is 6.78. The molecule has 0 atom stereocenters. The highest BCUT2D eigenvalue weighted by Crippen LogP contribution is 2.21. The van der Waals surface area contributed by atoms with Gasteiger partial charge in [0.25, 0.3) is 0 Å². The third-order valence-corrected chi connectivity index (χ3v) is 1.14. The lowest BCUT2D eigenvalue weighted by atomic mass is 10.4. The van der Waals surface area contributed by atoms with Crippen LogP contribution in [-0.4, -0.2) is 30.7 Å². The molecule has 0 aromatic rings. The summed E-state index contributed by atoms with van der Waals surface area (Å²) in [5.41, 5.74) is 0. The van der Waals surface area contributed by atoms with E-state index < -0.39 is 24.7 Å². The lowest BCUT2D eigenvalue weighted by Crippen LogP contribution is -2.20. The Balaban J connectivity index is 4.40. The molecule has 0 heterocycles. The summed E-state index contributed by atoms with van der Waals surface area (Å²) in [7, 11) is 0. The predicted molar refractivity (Wildman–Crippen MR) is 43.6 cm³/mol. The summed E-state index contributed by atoms with van der Waals surface area (Å²) >= 11 is 0. The fourth-order valence-electron chi connectivity index (χ4n) is 0.686. The van der Waals surface area contributed by atoms with Crippen LogP contribution in [-0.2, 0) is 14.3 Å². The van der Waals surface area contributed by atoms with Crippen molar-refractivity contribution in [2.45, 2.75) is 19.7 Å². The van der Waals surface area contributed by atoms with Crippen LogP contribution >= 0.6 is 0 Å². The van der Waals surface area contributed by atoms with E-state index in [9.17, 15) is 18.0 Å². The first-order valence-corrected chi connectivity index (χ1v) is 4.14. The van der Waals surface area contributed by atoms with Gasteiger partial charge in [-0.25, -0.2) is 4.79 Å². The zero-order chi connectivity index (χ0) is 11.9. The van der Waals surface area contributed by atoms with E-state index in [4.69, 9.17) is 5.11 Å². The molecule has 0 saturated carbocycles. The average Bonchev–Trinajstić information content (AvgIpc) is 2.11. The van der Waals surface area contributed by atoms with E-state index in [1.165, 1.54) is 0 Å². The zero-order valence-corrected chi connectivity index (χ0v) is 8.00. The molecular formula is C8H11F3O4. The summed E-state index contributed by atoms with van der Waals surface area (Å²) in [4.78, 5) is 10.9. The molecule has 0 amide bonds. The normalized spacial score (nSPS) is 12.5. The molecule has 0 aliphatic carbocycles. The Bertz CT molecular complexity index is 235. The number of hydrogen-bond acceptors (Lipinski definition) is 4. The predicted octanol–water partition coefficient (Wildman–Crippen LogP) is 1.35. The van der Waals surface area contributed by atoms with Crippen molar-refractivity contribution in [1.82, 2.24) is 0 Å². The van der Waals surface area contributed by atoms with E-state index >= 15 is 0 Å². The summed E-state index contributed by atoms with van der Waals surface area (Å²) in [5, 5.41) is 8.30. The second kappa shape index (κ2) is 6.28. The second-order valence-corrected chi connectivity index (χ2v) is 2.38. The van der Waals surface area contributed by atoms with Crippen LogP contribution in [0.3, 0.4) is 0 Å². The molecule has 0 unspecified atom stereocenters. The van der Waals surface area contributed by atoms with Gasteiger partial charge in [-0.2, -0.15) is 0 Å². The van der Waals surface area contributed by atoms with Crippen LogP contribution in [0, 0.1) is 0 Å². The minimum Gasteiger partial charge on any atom is -0.457 e. The Kier molecular flexibility index (Phi) is 5.76. The average molecular weight is 228 g/mol. The Morgan fingerprint density at radius 2 is 2.07 bits per heavy atom. The molecule has 0 aliphatic rings. The van der Waals surface area contributed by atoms with Crippen LogP contribution in [0.1, 0.15) is 13.3 Å². The summed E-state index contributed by atoms with van der Waals surface area (Å²) < 4.78 is 43.1. The van der Waals surface area contributed by atoms with Crippen LogP contribution in [0.25, 0.3) is 0 Å². The maximum absolute atomic E-state index is 11.8. The van der Waals surface area contributed by atoms with Crippen molar-refractivity contribution in [1.29, 1.82) is 0 Å². The number of alkyl halides is 3. The number of halogens is 3. The topological polar surface area (TPSA) is 55.8 Å². The number of carbonyl (C=O) groups excluding carboxylic acids is 1. The van der Waals surface area contributed by atoms with Gasteiger partial charge in [-0.3, -0.25) is 0 Å². The standard InChI is InChI=1S/C8H11F3O4/c1-2-3-6(15-8(9,10)11)7(13)14-5-4-12/h3,12H,2,4-5H2,1H3. The highest BCUT2D eigenvalue weighted by atomic mass is 19.4. The Labute approximate surface area is 84.3 Å². The van der Waals surface area contributed by atoms with E-state index in [1.54, 1.807) is 6.92 Å². The highest BCUT2D eigenvalue weighted by Gasteiger charge is 2.34. The van der Waals surface area contributed by atoms with Gasteiger partial charge in [-0.05, 0) is 12.5 Å². The van der Waals surface area contributed by atoms with E-state index in [-0.39, 0.29) is 13.0 Å². The van der Waals surface area contributed by atoms with Crippen molar-refractivity contribution in [2.24, 2.45) is 0 Å². The number of hydrogen-bond donors (Lipinski definition) is 1. The van der Waals surface area contributed by atoms with Crippen molar-refractivity contribution in [3.8, 4) is 0 Å². The molecular weight excluding hydrogens is 217 g/mol. The fraction of sp³-hybridized carbons (Fsp3) is 0.625. The molecule has 0 aromatic heterocycles. The first-order valence-electron chi connectivity index (χ1n) is 4.14. The van der Waals surface area contributed by atoms with Gasteiger partial charge in [-0.1, -0.05) is 6.92 Å². The Morgan fingerprint density at radius 1 is 1.47 bits per heavy atom. The van der Waals surface area contributed by atoms with Gasteiger partial charge >= 0.3 is 12.3 Å². The fourth-order valence-corrected chi connectivity index (χ4v) is 0.686. The minimum atomic E-state index is -4.93. The number of carbonyl (C=O) groups is 1. The van der Waals surface area contributed by atoms with Crippen LogP contribution in [0.4, 0.5) is 13.2 Å². The zero-order valence-electron chi connectivity index (χ0n) is 8.00. The van der Waals surface area contributed by atoms with Gasteiger partial charge in [0, 0.05) is 0 Å². The molecule has 0 bridgehead atoms. The molecule has 15 heavy (non-hydrogen) atoms. The van der Waals surface area contributed by atoms with Crippen molar-refractivity contribution in [3.05, 3.63) is 11.8 Å². The third-order valence-electron chi connectivity index (χ3n) is 1.14.